The standard InChI is InChI=1S/C16H14F3N5O3/c1-24-7-6-20-12(24)8-11(14(26)27)21-13(25)9-2-4-10(5-3-9)15(22-23-15)16(17,18)19/h2-7,11H,8H2,1H3,(H,21,25)(H,26,27). The summed E-state index contributed by atoms with van der Waals surface area (Å²) >= 11 is 0. The molecule has 0 aliphatic carbocycles. The maximum absolute atomic E-state index is 13.0. The maximum Gasteiger partial charge on any atom is 0.442 e. The van der Waals surface area contributed by atoms with E-state index in [1.54, 1.807) is 17.8 Å². The largest absolute Gasteiger partial charge is 0.480 e. The van der Waals surface area contributed by atoms with Crippen LogP contribution in [-0.4, -0.2) is 38.8 Å². The number of aromatic nitrogens is 2. The SMILES string of the molecule is Cn1ccnc1CC(NC(=O)c1ccc(C2(C(F)(F)F)N=N2)cc1)C(=O)O. The molecule has 11 heteroatoms. The lowest BCUT2D eigenvalue weighted by atomic mass is 10.0. The summed E-state index contributed by atoms with van der Waals surface area (Å²) in [5, 5.41) is 17.8. The molecular formula is C16H14F3N5O3. The second-order valence-electron chi connectivity index (χ2n) is 5.97. The summed E-state index contributed by atoms with van der Waals surface area (Å²) < 4.78 is 40.5. The monoisotopic (exact) mass is 381 g/mol. The van der Waals surface area contributed by atoms with Gasteiger partial charge in [0.1, 0.15) is 11.9 Å². The van der Waals surface area contributed by atoms with E-state index in [1.165, 1.54) is 18.3 Å². The first-order valence-electron chi connectivity index (χ1n) is 7.75. The van der Waals surface area contributed by atoms with Gasteiger partial charge in [0.25, 0.3) is 5.91 Å². The van der Waals surface area contributed by atoms with Crippen LogP contribution in [0.15, 0.2) is 46.9 Å². The Morgan fingerprint density at radius 2 is 1.89 bits per heavy atom. The van der Waals surface area contributed by atoms with Gasteiger partial charge < -0.3 is 15.0 Å². The number of hydrogen-bond donors (Lipinski definition) is 2. The van der Waals surface area contributed by atoms with Crippen LogP contribution in [0.1, 0.15) is 21.7 Å². The summed E-state index contributed by atoms with van der Waals surface area (Å²) in [6.07, 6.45) is -1.57. The molecule has 1 aliphatic heterocycles. The van der Waals surface area contributed by atoms with Crippen molar-refractivity contribution in [2.24, 2.45) is 17.3 Å². The van der Waals surface area contributed by atoms with Crippen LogP contribution in [0.4, 0.5) is 13.2 Å². The molecule has 0 saturated heterocycles. The van der Waals surface area contributed by atoms with Gasteiger partial charge in [-0.2, -0.15) is 13.2 Å². The Balaban J connectivity index is 1.72. The van der Waals surface area contributed by atoms with Crippen LogP contribution in [-0.2, 0) is 23.9 Å². The molecule has 0 spiro atoms. The van der Waals surface area contributed by atoms with Gasteiger partial charge >= 0.3 is 17.8 Å². The Bertz CT molecular complexity index is 899. The number of halogens is 3. The van der Waals surface area contributed by atoms with Crippen molar-refractivity contribution in [2.45, 2.75) is 24.3 Å². The van der Waals surface area contributed by atoms with E-state index in [1.807, 2.05) is 0 Å². The number of aryl methyl sites for hydroxylation is 1. The number of imidazole rings is 1. The summed E-state index contributed by atoms with van der Waals surface area (Å²) in [7, 11) is 1.69. The highest BCUT2D eigenvalue weighted by atomic mass is 19.4. The molecule has 2 heterocycles. The van der Waals surface area contributed by atoms with Crippen LogP contribution in [0.3, 0.4) is 0 Å². The first-order chi connectivity index (χ1) is 12.6. The highest BCUT2D eigenvalue weighted by Crippen LogP contribution is 2.52. The van der Waals surface area contributed by atoms with E-state index in [0.29, 0.717) is 5.82 Å². The van der Waals surface area contributed by atoms with Gasteiger partial charge in [-0.1, -0.05) is 12.1 Å². The Morgan fingerprint density at radius 1 is 1.26 bits per heavy atom. The van der Waals surface area contributed by atoms with E-state index < -0.39 is 29.8 Å². The molecule has 0 fully saturated rings. The van der Waals surface area contributed by atoms with Crippen molar-refractivity contribution < 1.29 is 27.9 Å². The fourth-order valence-electron chi connectivity index (χ4n) is 2.51. The Labute approximate surface area is 150 Å². The fourth-order valence-corrected chi connectivity index (χ4v) is 2.51. The predicted octanol–water partition coefficient (Wildman–Crippen LogP) is 2.03. The van der Waals surface area contributed by atoms with E-state index >= 15 is 0 Å². The quantitative estimate of drug-likeness (QED) is 0.798. The average Bonchev–Trinajstić information content (AvgIpc) is 3.33. The summed E-state index contributed by atoms with van der Waals surface area (Å²) in [5.74, 6) is -1.52. The van der Waals surface area contributed by atoms with Gasteiger partial charge in [-0.05, 0) is 12.1 Å². The highest BCUT2D eigenvalue weighted by Gasteiger charge is 2.65. The summed E-state index contributed by atoms with van der Waals surface area (Å²) in [5.41, 5.74) is -2.76. The zero-order valence-electron chi connectivity index (χ0n) is 13.9. The minimum atomic E-state index is -4.66. The number of carboxylic acids is 1. The van der Waals surface area contributed by atoms with E-state index in [9.17, 15) is 27.9 Å². The number of aliphatic carboxylic acids is 1. The summed E-state index contributed by atoms with van der Waals surface area (Å²) in [6, 6.07) is 3.28. The molecule has 1 unspecified atom stereocenters. The number of nitrogens with zero attached hydrogens (tertiary/aromatic N) is 4. The van der Waals surface area contributed by atoms with Crippen molar-refractivity contribution in [3.8, 4) is 0 Å². The Kier molecular flexibility index (Phi) is 4.46. The lowest BCUT2D eigenvalue weighted by molar-refractivity contribution is -0.166. The molecule has 142 valence electrons. The predicted molar refractivity (Wildman–Crippen MR) is 84.8 cm³/mol. The number of amides is 1. The lowest BCUT2D eigenvalue weighted by Crippen LogP contribution is -2.42. The van der Waals surface area contributed by atoms with E-state index in [2.05, 4.69) is 20.5 Å². The van der Waals surface area contributed by atoms with Crippen molar-refractivity contribution in [3.05, 3.63) is 53.6 Å². The second-order valence-corrected chi connectivity index (χ2v) is 5.97. The number of benzene rings is 1. The molecular weight excluding hydrogens is 367 g/mol. The van der Waals surface area contributed by atoms with Gasteiger partial charge in [0, 0.05) is 37.0 Å². The van der Waals surface area contributed by atoms with Gasteiger partial charge in [0.05, 0.1) is 0 Å². The number of hydrogen-bond acceptors (Lipinski definition) is 5. The minimum Gasteiger partial charge on any atom is -0.480 e. The van der Waals surface area contributed by atoms with Gasteiger partial charge in [-0.3, -0.25) is 4.79 Å². The van der Waals surface area contributed by atoms with Crippen LogP contribution >= 0.6 is 0 Å². The summed E-state index contributed by atoms with van der Waals surface area (Å²) in [6.45, 7) is 0. The third kappa shape index (κ3) is 3.52. The molecule has 8 nitrogen and oxygen atoms in total. The van der Waals surface area contributed by atoms with E-state index in [0.717, 1.165) is 12.1 Å². The molecule has 1 aromatic carbocycles. The molecule has 27 heavy (non-hydrogen) atoms. The first-order valence-corrected chi connectivity index (χ1v) is 7.75. The minimum absolute atomic E-state index is 0.0165. The van der Waals surface area contributed by atoms with Gasteiger partial charge in [0.15, 0.2) is 0 Å². The molecule has 1 aliphatic rings. The first kappa shape index (κ1) is 18.5. The second kappa shape index (κ2) is 6.49. The number of carbonyl (C=O) groups excluding carboxylic acids is 1. The molecule has 1 atom stereocenters. The van der Waals surface area contributed by atoms with Crippen LogP contribution < -0.4 is 5.32 Å². The zero-order chi connectivity index (χ0) is 19.8. The van der Waals surface area contributed by atoms with Crippen LogP contribution in [0, 0.1) is 0 Å². The summed E-state index contributed by atoms with van der Waals surface area (Å²) in [4.78, 5) is 27.7. The van der Waals surface area contributed by atoms with Crippen molar-refractivity contribution >= 4 is 11.9 Å². The number of carbonyl (C=O) groups is 2. The Morgan fingerprint density at radius 3 is 2.33 bits per heavy atom. The van der Waals surface area contributed by atoms with Crippen molar-refractivity contribution in [1.29, 1.82) is 0 Å². The fraction of sp³-hybridized carbons (Fsp3) is 0.312. The average molecular weight is 381 g/mol. The number of carboxylic acid groups (broad SMARTS) is 1. The van der Waals surface area contributed by atoms with Gasteiger partial charge in [0.2, 0.25) is 0 Å². The van der Waals surface area contributed by atoms with Crippen molar-refractivity contribution in [1.82, 2.24) is 14.9 Å². The molecule has 2 aromatic rings. The van der Waals surface area contributed by atoms with Gasteiger partial charge in [-0.25, -0.2) is 9.78 Å². The van der Waals surface area contributed by atoms with E-state index in [4.69, 9.17) is 0 Å². The molecule has 0 radical (unpaired) electrons. The number of rotatable bonds is 6. The number of nitrogens with one attached hydrogen (secondary N) is 1. The smallest absolute Gasteiger partial charge is 0.442 e. The van der Waals surface area contributed by atoms with E-state index in [-0.39, 0.29) is 17.5 Å². The topological polar surface area (TPSA) is 109 Å². The van der Waals surface area contributed by atoms with Crippen molar-refractivity contribution in [2.75, 3.05) is 0 Å². The maximum atomic E-state index is 13.0. The molecule has 3 rings (SSSR count). The molecule has 0 saturated carbocycles. The Hall–Kier alpha value is -3.24. The molecule has 0 bridgehead atoms. The van der Waals surface area contributed by atoms with Crippen LogP contribution in [0.2, 0.25) is 0 Å². The lowest BCUT2D eigenvalue weighted by Gasteiger charge is -2.16. The molecule has 1 aromatic heterocycles. The van der Waals surface area contributed by atoms with Crippen LogP contribution in [0.25, 0.3) is 0 Å². The van der Waals surface area contributed by atoms with Gasteiger partial charge in [-0.15, -0.1) is 10.2 Å². The highest BCUT2D eigenvalue weighted by molar-refractivity contribution is 5.96. The third-order valence-electron chi connectivity index (χ3n) is 4.16. The third-order valence-corrected chi connectivity index (χ3v) is 4.16. The normalized spacial score (nSPS) is 16.0. The molecule has 2 N–H and O–H groups in total. The zero-order valence-corrected chi connectivity index (χ0v) is 13.9. The number of alkyl halides is 3. The van der Waals surface area contributed by atoms with Crippen molar-refractivity contribution in [3.63, 3.8) is 0 Å². The molecule has 1 amide bonds. The van der Waals surface area contributed by atoms with Crippen LogP contribution in [0.5, 0.6) is 0 Å².